The van der Waals surface area contributed by atoms with Gasteiger partial charge in [0.2, 0.25) is 0 Å². The molecule has 1 saturated heterocycles. The summed E-state index contributed by atoms with van der Waals surface area (Å²) in [5, 5.41) is 10.1. The largest absolute Gasteiger partial charge is 0.480 e. The zero-order valence-electron chi connectivity index (χ0n) is 10.9. The number of H-pyrrole nitrogens is 1. The highest BCUT2D eigenvalue weighted by molar-refractivity contribution is 8.00. The predicted octanol–water partition coefficient (Wildman–Crippen LogP) is 2.16. The zero-order chi connectivity index (χ0) is 14.3. The maximum atomic E-state index is 12.6. The minimum atomic E-state index is -0.946. The normalized spacial score (nSPS) is 22.4. The Morgan fingerprint density at radius 2 is 2.20 bits per heavy atom. The summed E-state index contributed by atoms with van der Waals surface area (Å²) in [5.41, 5.74) is 1.48. The third-order valence-electron chi connectivity index (χ3n) is 3.54. The standard InChI is InChI=1S/C14H14N2O3S/c1-8-16(12(7-20-8)14(18)19)13(17)10-2-3-11-9(6-10)4-5-15-11/h2-6,8,12,15H,7H2,1H3,(H,18,19). The first-order valence-electron chi connectivity index (χ1n) is 6.32. The minimum Gasteiger partial charge on any atom is -0.480 e. The number of aromatic nitrogens is 1. The molecule has 0 bridgehead atoms. The highest BCUT2D eigenvalue weighted by Crippen LogP contribution is 2.30. The summed E-state index contributed by atoms with van der Waals surface area (Å²) >= 11 is 1.49. The van der Waals surface area contributed by atoms with E-state index in [1.54, 1.807) is 12.1 Å². The lowest BCUT2D eigenvalue weighted by Gasteiger charge is -2.25. The quantitative estimate of drug-likeness (QED) is 0.889. The maximum absolute atomic E-state index is 12.6. The fourth-order valence-corrected chi connectivity index (χ4v) is 3.64. The van der Waals surface area contributed by atoms with E-state index in [9.17, 15) is 14.7 Å². The second-order valence-electron chi connectivity index (χ2n) is 4.78. The lowest BCUT2D eigenvalue weighted by molar-refractivity contribution is -0.141. The minimum absolute atomic E-state index is 0.120. The van der Waals surface area contributed by atoms with Crippen molar-refractivity contribution in [3.05, 3.63) is 36.0 Å². The number of carboxylic acid groups (broad SMARTS) is 1. The van der Waals surface area contributed by atoms with E-state index in [2.05, 4.69) is 4.98 Å². The molecular formula is C14H14N2O3S. The van der Waals surface area contributed by atoms with E-state index >= 15 is 0 Å². The molecule has 3 rings (SSSR count). The number of hydrogen-bond donors (Lipinski definition) is 2. The van der Waals surface area contributed by atoms with Crippen LogP contribution < -0.4 is 0 Å². The lowest BCUT2D eigenvalue weighted by Crippen LogP contribution is -2.44. The molecule has 2 aromatic rings. The maximum Gasteiger partial charge on any atom is 0.327 e. The third kappa shape index (κ3) is 2.06. The van der Waals surface area contributed by atoms with Crippen molar-refractivity contribution >= 4 is 34.5 Å². The molecule has 1 fully saturated rings. The topological polar surface area (TPSA) is 73.4 Å². The van der Waals surface area contributed by atoms with Gasteiger partial charge in [-0.25, -0.2) is 4.79 Å². The van der Waals surface area contributed by atoms with Crippen molar-refractivity contribution in [1.29, 1.82) is 0 Å². The van der Waals surface area contributed by atoms with Gasteiger partial charge in [0.1, 0.15) is 6.04 Å². The van der Waals surface area contributed by atoms with Crippen LogP contribution in [0.5, 0.6) is 0 Å². The molecule has 6 heteroatoms. The van der Waals surface area contributed by atoms with E-state index in [-0.39, 0.29) is 11.3 Å². The number of carbonyl (C=O) groups is 2. The van der Waals surface area contributed by atoms with Gasteiger partial charge in [-0.1, -0.05) is 0 Å². The highest BCUT2D eigenvalue weighted by Gasteiger charge is 2.39. The Labute approximate surface area is 120 Å². The van der Waals surface area contributed by atoms with Crippen molar-refractivity contribution in [2.45, 2.75) is 18.3 Å². The molecule has 0 radical (unpaired) electrons. The van der Waals surface area contributed by atoms with E-state index in [1.165, 1.54) is 16.7 Å². The summed E-state index contributed by atoms with van der Waals surface area (Å²) in [5.74, 6) is -0.731. The van der Waals surface area contributed by atoms with E-state index < -0.39 is 12.0 Å². The second kappa shape index (κ2) is 4.86. The first kappa shape index (κ1) is 13.1. The van der Waals surface area contributed by atoms with E-state index in [4.69, 9.17) is 0 Å². The zero-order valence-corrected chi connectivity index (χ0v) is 11.7. The predicted molar refractivity (Wildman–Crippen MR) is 77.8 cm³/mol. The van der Waals surface area contributed by atoms with E-state index in [0.717, 1.165) is 10.9 Å². The number of benzene rings is 1. The Bertz CT molecular complexity index is 682. The summed E-state index contributed by atoms with van der Waals surface area (Å²) in [4.78, 5) is 28.4. The lowest BCUT2D eigenvalue weighted by atomic mass is 10.1. The van der Waals surface area contributed by atoms with E-state index in [1.807, 2.05) is 25.3 Å². The van der Waals surface area contributed by atoms with Crippen molar-refractivity contribution in [2.75, 3.05) is 5.75 Å². The van der Waals surface area contributed by atoms with Gasteiger partial charge in [-0.3, -0.25) is 4.79 Å². The summed E-state index contributed by atoms with van der Waals surface area (Å²) in [6, 6.07) is 6.51. The van der Waals surface area contributed by atoms with Crippen molar-refractivity contribution in [3.8, 4) is 0 Å². The van der Waals surface area contributed by atoms with Gasteiger partial charge in [0.15, 0.2) is 0 Å². The summed E-state index contributed by atoms with van der Waals surface area (Å²) in [6.45, 7) is 1.86. The van der Waals surface area contributed by atoms with Crippen molar-refractivity contribution in [2.24, 2.45) is 0 Å². The molecule has 0 aliphatic carbocycles. The number of nitrogens with one attached hydrogen (secondary N) is 1. The van der Waals surface area contributed by atoms with Gasteiger partial charge >= 0.3 is 5.97 Å². The number of amides is 1. The fraction of sp³-hybridized carbons (Fsp3) is 0.286. The molecule has 1 amide bonds. The number of nitrogens with zero attached hydrogens (tertiary/aromatic N) is 1. The third-order valence-corrected chi connectivity index (χ3v) is 4.76. The molecule has 2 N–H and O–H groups in total. The van der Waals surface area contributed by atoms with Crippen LogP contribution in [0.25, 0.3) is 10.9 Å². The number of fused-ring (bicyclic) bond motifs is 1. The van der Waals surface area contributed by atoms with Crippen LogP contribution in [0.2, 0.25) is 0 Å². The summed E-state index contributed by atoms with van der Waals surface area (Å²) in [6.07, 6.45) is 1.81. The van der Waals surface area contributed by atoms with Crippen LogP contribution in [0.15, 0.2) is 30.5 Å². The van der Waals surface area contributed by atoms with Crippen molar-refractivity contribution in [3.63, 3.8) is 0 Å². The van der Waals surface area contributed by atoms with Crippen molar-refractivity contribution < 1.29 is 14.7 Å². The molecule has 2 heterocycles. The molecule has 1 aromatic heterocycles. The van der Waals surface area contributed by atoms with Crippen LogP contribution in [-0.4, -0.2) is 44.0 Å². The number of thioether (sulfide) groups is 1. The van der Waals surface area contributed by atoms with Gasteiger partial charge in [0, 0.05) is 28.4 Å². The molecule has 1 aliphatic rings. The van der Waals surface area contributed by atoms with Gasteiger partial charge < -0.3 is 15.0 Å². The Hall–Kier alpha value is -1.95. The van der Waals surface area contributed by atoms with Crippen LogP contribution >= 0.6 is 11.8 Å². The molecule has 0 saturated carbocycles. The first-order chi connectivity index (χ1) is 9.58. The Morgan fingerprint density at radius 1 is 1.40 bits per heavy atom. The SMILES string of the molecule is CC1SCC(C(=O)O)N1C(=O)c1ccc2[nH]ccc2c1. The second-order valence-corrected chi connectivity index (χ2v) is 6.13. The molecular weight excluding hydrogens is 276 g/mol. The summed E-state index contributed by atoms with van der Waals surface area (Å²) < 4.78 is 0. The monoisotopic (exact) mass is 290 g/mol. The van der Waals surface area contributed by atoms with Crippen LogP contribution in [0.1, 0.15) is 17.3 Å². The fourth-order valence-electron chi connectivity index (χ4n) is 2.48. The average Bonchev–Trinajstić information content (AvgIpc) is 3.03. The Morgan fingerprint density at radius 3 is 2.95 bits per heavy atom. The number of carboxylic acids is 1. The highest BCUT2D eigenvalue weighted by atomic mass is 32.2. The van der Waals surface area contributed by atoms with Crippen LogP contribution in [0.3, 0.4) is 0 Å². The number of aliphatic carboxylic acids is 1. The molecule has 1 aliphatic heterocycles. The van der Waals surface area contributed by atoms with Gasteiger partial charge in [0.05, 0.1) is 5.37 Å². The van der Waals surface area contributed by atoms with Gasteiger partial charge in [-0.15, -0.1) is 11.8 Å². The number of rotatable bonds is 2. The van der Waals surface area contributed by atoms with Crippen LogP contribution in [-0.2, 0) is 4.79 Å². The summed E-state index contributed by atoms with van der Waals surface area (Å²) in [7, 11) is 0. The van der Waals surface area contributed by atoms with Crippen molar-refractivity contribution in [1.82, 2.24) is 9.88 Å². The molecule has 0 spiro atoms. The number of carbonyl (C=O) groups excluding carboxylic acids is 1. The molecule has 20 heavy (non-hydrogen) atoms. The van der Waals surface area contributed by atoms with Gasteiger partial charge in [-0.2, -0.15) is 0 Å². The number of aromatic amines is 1. The first-order valence-corrected chi connectivity index (χ1v) is 7.37. The molecule has 1 aromatic carbocycles. The smallest absolute Gasteiger partial charge is 0.327 e. The van der Waals surface area contributed by atoms with Crippen LogP contribution in [0.4, 0.5) is 0 Å². The van der Waals surface area contributed by atoms with Crippen LogP contribution in [0, 0.1) is 0 Å². The Kier molecular flexibility index (Phi) is 3.17. The molecule has 2 atom stereocenters. The average molecular weight is 290 g/mol. The van der Waals surface area contributed by atoms with Gasteiger partial charge in [0.25, 0.3) is 5.91 Å². The number of hydrogen-bond acceptors (Lipinski definition) is 3. The van der Waals surface area contributed by atoms with E-state index in [0.29, 0.717) is 11.3 Å². The van der Waals surface area contributed by atoms with Gasteiger partial charge in [-0.05, 0) is 31.2 Å². The molecule has 2 unspecified atom stereocenters. The molecule has 104 valence electrons. The Balaban J connectivity index is 1.95. The molecule has 5 nitrogen and oxygen atoms in total.